The van der Waals surface area contributed by atoms with E-state index in [1.165, 1.54) is 0 Å². The Kier molecular flexibility index (Phi) is 3.30. The Morgan fingerprint density at radius 1 is 1.35 bits per heavy atom. The predicted octanol–water partition coefficient (Wildman–Crippen LogP) is 2.58. The first-order valence-electron chi connectivity index (χ1n) is 7.16. The summed E-state index contributed by atoms with van der Waals surface area (Å²) in [6.07, 6.45) is 3.00. The highest BCUT2D eigenvalue weighted by molar-refractivity contribution is 5.85. The summed E-state index contributed by atoms with van der Waals surface area (Å²) < 4.78 is 16.3. The molecule has 0 amide bonds. The molecule has 2 heterocycles. The number of likely N-dealkylation sites (tertiary alicyclic amines) is 1. The number of aromatic nitrogens is 1. The van der Waals surface area contributed by atoms with Gasteiger partial charge < -0.3 is 10.3 Å². The first kappa shape index (κ1) is 13.6. The number of rotatable bonds is 2. The molecule has 0 bridgehead atoms. The van der Waals surface area contributed by atoms with Gasteiger partial charge in [-0.05, 0) is 56.1 Å². The molecular weight excluding hydrogens is 253 g/mol. The molecule has 1 fully saturated rings. The second-order valence-corrected chi connectivity index (χ2v) is 6.11. The summed E-state index contributed by atoms with van der Waals surface area (Å²) in [5.74, 6) is 0.387. The van der Waals surface area contributed by atoms with Crippen molar-refractivity contribution < 1.29 is 4.39 Å². The zero-order valence-corrected chi connectivity index (χ0v) is 12.4. The lowest BCUT2D eigenvalue weighted by Crippen LogP contribution is -2.20. The van der Waals surface area contributed by atoms with Gasteiger partial charge in [0.15, 0.2) is 0 Å². The molecule has 3 rings (SSSR count). The lowest BCUT2D eigenvalue weighted by molar-refractivity contribution is 0.313. The van der Waals surface area contributed by atoms with Gasteiger partial charge in [-0.15, -0.1) is 0 Å². The van der Waals surface area contributed by atoms with Gasteiger partial charge in [-0.25, -0.2) is 4.39 Å². The number of fused-ring (bicyclic) bond motifs is 1. The van der Waals surface area contributed by atoms with E-state index in [9.17, 15) is 4.39 Å². The summed E-state index contributed by atoms with van der Waals surface area (Å²) in [6.45, 7) is 3.73. The van der Waals surface area contributed by atoms with Crippen molar-refractivity contribution in [1.29, 1.82) is 0 Å². The molecule has 3 nitrogen and oxygen atoms in total. The maximum absolute atomic E-state index is 14.4. The summed E-state index contributed by atoms with van der Waals surface area (Å²) in [5.41, 5.74) is 8.67. The van der Waals surface area contributed by atoms with Gasteiger partial charge in [-0.1, -0.05) is 0 Å². The van der Waals surface area contributed by atoms with Crippen LogP contribution in [0, 0.1) is 18.7 Å². The maximum Gasteiger partial charge on any atom is 0.147 e. The summed E-state index contributed by atoms with van der Waals surface area (Å²) >= 11 is 0. The smallest absolute Gasteiger partial charge is 0.147 e. The topological polar surface area (TPSA) is 34.2 Å². The fraction of sp³-hybridized carbons (Fsp3) is 0.500. The second-order valence-electron chi connectivity index (χ2n) is 6.11. The third-order valence-corrected chi connectivity index (χ3v) is 4.60. The molecule has 108 valence electrons. The van der Waals surface area contributed by atoms with E-state index in [1.807, 2.05) is 24.7 Å². The molecule has 20 heavy (non-hydrogen) atoms. The Morgan fingerprint density at radius 2 is 2.10 bits per heavy atom. The molecule has 1 aromatic carbocycles. The number of nitrogens with two attached hydrogens (primary N) is 1. The SMILES string of the molecule is Cc1cn(C)c2c(F)cc(C3CC(CN)CN3C)cc12. The largest absolute Gasteiger partial charge is 0.348 e. The van der Waals surface area contributed by atoms with Crippen molar-refractivity contribution in [2.75, 3.05) is 20.1 Å². The van der Waals surface area contributed by atoms with Crippen molar-refractivity contribution in [2.45, 2.75) is 19.4 Å². The number of nitrogens with zero attached hydrogens (tertiary/aromatic N) is 2. The first-order valence-corrected chi connectivity index (χ1v) is 7.16. The van der Waals surface area contributed by atoms with E-state index in [2.05, 4.69) is 18.0 Å². The van der Waals surface area contributed by atoms with Crippen molar-refractivity contribution >= 4 is 10.9 Å². The Labute approximate surface area is 119 Å². The maximum atomic E-state index is 14.4. The monoisotopic (exact) mass is 275 g/mol. The van der Waals surface area contributed by atoms with Crippen LogP contribution in [0.5, 0.6) is 0 Å². The van der Waals surface area contributed by atoms with E-state index in [0.717, 1.165) is 29.5 Å². The van der Waals surface area contributed by atoms with Crippen LogP contribution in [0.3, 0.4) is 0 Å². The van der Waals surface area contributed by atoms with Gasteiger partial charge in [-0.3, -0.25) is 4.90 Å². The fourth-order valence-electron chi connectivity index (χ4n) is 3.56. The van der Waals surface area contributed by atoms with Crippen LogP contribution < -0.4 is 5.73 Å². The van der Waals surface area contributed by atoms with E-state index in [-0.39, 0.29) is 11.9 Å². The summed E-state index contributed by atoms with van der Waals surface area (Å²) in [6, 6.07) is 4.12. The van der Waals surface area contributed by atoms with Crippen molar-refractivity contribution in [3.8, 4) is 0 Å². The third kappa shape index (κ3) is 2.03. The van der Waals surface area contributed by atoms with Crippen molar-refractivity contribution in [3.05, 3.63) is 35.3 Å². The van der Waals surface area contributed by atoms with Gasteiger partial charge in [0.05, 0.1) is 5.52 Å². The molecule has 2 unspecified atom stereocenters. The molecule has 0 radical (unpaired) electrons. The van der Waals surface area contributed by atoms with Gasteiger partial charge >= 0.3 is 0 Å². The molecule has 2 aromatic rings. The second kappa shape index (κ2) is 4.86. The van der Waals surface area contributed by atoms with E-state index in [1.54, 1.807) is 6.07 Å². The molecule has 1 aliphatic heterocycles. The number of hydrogen-bond donors (Lipinski definition) is 1. The number of aryl methyl sites for hydroxylation is 2. The minimum Gasteiger partial charge on any atom is -0.348 e. The van der Waals surface area contributed by atoms with Crippen LogP contribution in [0.4, 0.5) is 4.39 Å². The Balaban J connectivity index is 2.07. The summed E-state index contributed by atoms with van der Waals surface area (Å²) in [4.78, 5) is 2.29. The minimum absolute atomic E-state index is 0.127. The Bertz CT molecular complexity index is 647. The van der Waals surface area contributed by atoms with E-state index in [4.69, 9.17) is 5.73 Å². The van der Waals surface area contributed by atoms with Crippen molar-refractivity contribution in [2.24, 2.45) is 18.7 Å². The number of benzene rings is 1. The number of hydrogen-bond acceptors (Lipinski definition) is 2. The van der Waals surface area contributed by atoms with E-state index < -0.39 is 0 Å². The van der Waals surface area contributed by atoms with Crippen LogP contribution in [0.2, 0.25) is 0 Å². The van der Waals surface area contributed by atoms with Gasteiger partial charge in [0.1, 0.15) is 5.82 Å². The quantitative estimate of drug-likeness (QED) is 0.914. The number of halogens is 1. The van der Waals surface area contributed by atoms with Gasteiger partial charge in [-0.2, -0.15) is 0 Å². The lowest BCUT2D eigenvalue weighted by atomic mass is 9.98. The molecule has 1 saturated heterocycles. The Morgan fingerprint density at radius 3 is 2.75 bits per heavy atom. The molecule has 4 heteroatoms. The predicted molar refractivity (Wildman–Crippen MR) is 80.1 cm³/mol. The van der Waals surface area contributed by atoms with E-state index >= 15 is 0 Å². The van der Waals surface area contributed by atoms with Crippen LogP contribution in [-0.4, -0.2) is 29.6 Å². The van der Waals surface area contributed by atoms with Crippen LogP contribution in [0.25, 0.3) is 10.9 Å². The fourth-order valence-corrected chi connectivity index (χ4v) is 3.56. The van der Waals surface area contributed by atoms with E-state index in [0.29, 0.717) is 18.0 Å². The zero-order valence-electron chi connectivity index (χ0n) is 12.4. The highest BCUT2D eigenvalue weighted by atomic mass is 19.1. The Hall–Kier alpha value is -1.39. The normalized spacial score (nSPS) is 23.9. The molecule has 0 spiro atoms. The summed E-state index contributed by atoms with van der Waals surface area (Å²) in [7, 11) is 3.99. The average molecular weight is 275 g/mol. The minimum atomic E-state index is -0.127. The van der Waals surface area contributed by atoms with Crippen molar-refractivity contribution in [3.63, 3.8) is 0 Å². The van der Waals surface area contributed by atoms with Crippen LogP contribution >= 0.6 is 0 Å². The molecule has 1 aliphatic rings. The standard InChI is InChI=1S/C16H22FN3/c1-10-8-20(3)16-13(10)5-12(6-14(16)17)15-4-11(7-18)9-19(15)2/h5-6,8,11,15H,4,7,9,18H2,1-3H3. The highest BCUT2D eigenvalue weighted by Crippen LogP contribution is 2.36. The van der Waals surface area contributed by atoms with Crippen molar-refractivity contribution in [1.82, 2.24) is 9.47 Å². The van der Waals surface area contributed by atoms with Crippen LogP contribution in [0.1, 0.15) is 23.6 Å². The molecular formula is C16H22FN3. The molecule has 1 aromatic heterocycles. The lowest BCUT2D eigenvalue weighted by Gasteiger charge is -2.20. The van der Waals surface area contributed by atoms with Gasteiger partial charge in [0.2, 0.25) is 0 Å². The molecule has 2 atom stereocenters. The van der Waals surface area contributed by atoms with Crippen LogP contribution in [-0.2, 0) is 7.05 Å². The van der Waals surface area contributed by atoms with Gasteiger partial charge in [0.25, 0.3) is 0 Å². The molecule has 0 saturated carbocycles. The molecule has 0 aliphatic carbocycles. The summed E-state index contributed by atoms with van der Waals surface area (Å²) in [5, 5.41) is 1.02. The average Bonchev–Trinajstić information content (AvgIpc) is 2.91. The van der Waals surface area contributed by atoms with Gasteiger partial charge in [0, 0.05) is 31.2 Å². The molecule has 2 N–H and O–H groups in total. The van der Waals surface area contributed by atoms with Crippen LogP contribution in [0.15, 0.2) is 18.3 Å². The third-order valence-electron chi connectivity index (χ3n) is 4.60. The highest BCUT2D eigenvalue weighted by Gasteiger charge is 2.30. The first-order chi connectivity index (χ1) is 9.51. The zero-order chi connectivity index (χ0) is 14.4.